The van der Waals surface area contributed by atoms with Gasteiger partial charge in [-0.15, -0.1) is 11.3 Å². The van der Waals surface area contributed by atoms with Crippen molar-refractivity contribution in [1.82, 2.24) is 10.6 Å². The lowest BCUT2D eigenvalue weighted by Gasteiger charge is -2.36. The lowest BCUT2D eigenvalue weighted by molar-refractivity contribution is -0.133. The maximum Gasteiger partial charge on any atom is 0.226 e. The third kappa shape index (κ3) is 3.12. The maximum absolute atomic E-state index is 12.5. The van der Waals surface area contributed by atoms with Crippen molar-refractivity contribution in [3.8, 4) is 0 Å². The first-order chi connectivity index (χ1) is 8.77. The Kier molecular flexibility index (Phi) is 4.78. The summed E-state index contributed by atoms with van der Waals surface area (Å²) in [6.07, 6.45) is 4.02. The Balaban J connectivity index is 1.95. The van der Waals surface area contributed by atoms with Gasteiger partial charge < -0.3 is 10.6 Å². The van der Waals surface area contributed by atoms with Crippen LogP contribution in [0, 0.1) is 5.41 Å². The number of carbonyl (C=O) groups excluding carboxylic acids is 1. The largest absolute Gasteiger partial charge is 0.351 e. The van der Waals surface area contributed by atoms with Crippen LogP contribution in [0.1, 0.15) is 37.5 Å². The number of piperidine rings is 1. The quantitative estimate of drug-likeness (QED) is 0.860. The van der Waals surface area contributed by atoms with Gasteiger partial charge in [-0.2, -0.15) is 0 Å². The van der Waals surface area contributed by atoms with Crippen molar-refractivity contribution in [1.29, 1.82) is 0 Å². The van der Waals surface area contributed by atoms with Crippen LogP contribution < -0.4 is 10.6 Å². The van der Waals surface area contributed by atoms with E-state index in [1.165, 1.54) is 4.88 Å². The fourth-order valence-electron chi connectivity index (χ4n) is 2.74. The van der Waals surface area contributed by atoms with Gasteiger partial charge in [-0.25, -0.2) is 0 Å². The summed E-state index contributed by atoms with van der Waals surface area (Å²) in [5, 5.41) is 8.52. The Labute approximate surface area is 113 Å². The molecule has 1 saturated heterocycles. The van der Waals surface area contributed by atoms with Crippen molar-refractivity contribution in [2.24, 2.45) is 5.41 Å². The van der Waals surface area contributed by atoms with Crippen molar-refractivity contribution in [3.05, 3.63) is 22.4 Å². The van der Waals surface area contributed by atoms with Crippen LogP contribution in [0.3, 0.4) is 0 Å². The van der Waals surface area contributed by atoms with Crippen LogP contribution in [0.25, 0.3) is 0 Å². The minimum absolute atomic E-state index is 0.128. The second-order valence-electron chi connectivity index (χ2n) is 5.04. The zero-order valence-electron chi connectivity index (χ0n) is 11.0. The van der Waals surface area contributed by atoms with Gasteiger partial charge in [0.2, 0.25) is 5.91 Å². The molecular formula is C14H22N2OS. The Bertz CT molecular complexity index is 364. The van der Waals surface area contributed by atoms with Gasteiger partial charge in [-0.1, -0.05) is 19.4 Å². The van der Waals surface area contributed by atoms with Crippen LogP contribution in [0.15, 0.2) is 17.5 Å². The van der Waals surface area contributed by atoms with Crippen molar-refractivity contribution in [2.75, 3.05) is 13.1 Å². The van der Waals surface area contributed by atoms with E-state index in [0.29, 0.717) is 6.54 Å². The fraction of sp³-hybridized carbons (Fsp3) is 0.643. The monoisotopic (exact) mass is 266 g/mol. The van der Waals surface area contributed by atoms with E-state index < -0.39 is 0 Å². The van der Waals surface area contributed by atoms with E-state index in [2.05, 4.69) is 23.6 Å². The molecule has 1 aliphatic heterocycles. The van der Waals surface area contributed by atoms with E-state index >= 15 is 0 Å². The molecule has 1 fully saturated rings. The van der Waals surface area contributed by atoms with Crippen LogP contribution in [0.2, 0.25) is 0 Å². The highest BCUT2D eigenvalue weighted by Gasteiger charge is 2.38. The van der Waals surface area contributed by atoms with Gasteiger partial charge in [0.15, 0.2) is 0 Å². The molecule has 0 bridgehead atoms. The molecule has 1 amide bonds. The number of hydrogen-bond acceptors (Lipinski definition) is 3. The number of carbonyl (C=O) groups is 1. The predicted molar refractivity (Wildman–Crippen MR) is 75.6 cm³/mol. The highest BCUT2D eigenvalue weighted by atomic mass is 32.1. The van der Waals surface area contributed by atoms with Gasteiger partial charge in [-0.3, -0.25) is 4.79 Å². The molecule has 1 aromatic rings. The molecule has 100 valence electrons. The van der Waals surface area contributed by atoms with Crippen molar-refractivity contribution in [2.45, 2.75) is 39.2 Å². The van der Waals surface area contributed by atoms with Crippen molar-refractivity contribution >= 4 is 17.2 Å². The molecule has 0 atom stereocenters. The first-order valence-corrected chi connectivity index (χ1v) is 7.66. The lowest BCUT2D eigenvalue weighted by Crippen LogP contribution is -2.47. The first kappa shape index (κ1) is 13.6. The molecule has 1 aromatic heterocycles. The third-order valence-electron chi connectivity index (χ3n) is 3.77. The standard InChI is InChI=1S/C14H22N2OS/c1-2-5-14(6-8-15-9-7-14)13(17)16-11-12-4-3-10-18-12/h3-4,10,15H,2,5-9,11H2,1H3,(H,16,17). The number of rotatable bonds is 5. The highest BCUT2D eigenvalue weighted by Crippen LogP contribution is 2.34. The predicted octanol–water partition coefficient (Wildman–Crippen LogP) is 2.53. The molecule has 3 nitrogen and oxygen atoms in total. The summed E-state index contributed by atoms with van der Waals surface area (Å²) in [4.78, 5) is 13.7. The SMILES string of the molecule is CCCC1(C(=O)NCc2cccs2)CCNCC1. The molecule has 4 heteroatoms. The van der Waals surface area contributed by atoms with Gasteiger partial charge in [0.1, 0.15) is 0 Å². The maximum atomic E-state index is 12.5. The number of thiophene rings is 1. The Morgan fingerprint density at radius 2 is 2.28 bits per heavy atom. The molecule has 1 aliphatic rings. The normalized spacial score (nSPS) is 18.5. The van der Waals surface area contributed by atoms with Crippen LogP contribution in [0.5, 0.6) is 0 Å². The summed E-state index contributed by atoms with van der Waals surface area (Å²) >= 11 is 1.70. The highest BCUT2D eigenvalue weighted by molar-refractivity contribution is 7.09. The molecule has 2 rings (SSSR count). The Morgan fingerprint density at radius 1 is 1.50 bits per heavy atom. The minimum atomic E-state index is -0.128. The first-order valence-electron chi connectivity index (χ1n) is 6.78. The van der Waals surface area contributed by atoms with Gasteiger partial charge in [-0.05, 0) is 43.8 Å². The molecular weight excluding hydrogens is 244 g/mol. The second kappa shape index (κ2) is 6.34. The Hall–Kier alpha value is -0.870. The molecule has 0 aromatic carbocycles. The van der Waals surface area contributed by atoms with Crippen LogP contribution in [-0.4, -0.2) is 19.0 Å². The van der Waals surface area contributed by atoms with Gasteiger partial charge in [0, 0.05) is 4.88 Å². The van der Waals surface area contributed by atoms with E-state index in [4.69, 9.17) is 0 Å². The topological polar surface area (TPSA) is 41.1 Å². The molecule has 0 aliphatic carbocycles. The average molecular weight is 266 g/mol. The van der Waals surface area contributed by atoms with Crippen LogP contribution in [0.4, 0.5) is 0 Å². The van der Waals surface area contributed by atoms with E-state index in [1.54, 1.807) is 11.3 Å². The fourth-order valence-corrected chi connectivity index (χ4v) is 3.39. The zero-order chi connectivity index (χ0) is 12.8. The number of amides is 1. The summed E-state index contributed by atoms with van der Waals surface area (Å²) in [6.45, 7) is 4.77. The van der Waals surface area contributed by atoms with Gasteiger partial charge in [0.25, 0.3) is 0 Å². The Morgan fingerprint density at radius 3 is 2.89 bits per heavy atom. The zero-order valence-corrected chi connectivity index (χ0v) is 11.8. The third-order valence-corrected chi connectivity index (χ3v) is 4.65. The van der Waals surface area contributed by atoms with Crippen LogP contribution >= 0.6 is 11.3 Å². The van der Waals surface area contributed by atoms with Crippen LogP contribution in [-0.2, 0) is 11.3 Å². The molecule has 0 spiro atoms. The lowest BCUT2D eigenvalue weighted by atomic mass is 9.74. The van der Waals surface area contributed by atoms with Crippen molar-refractivity contribution in [3.63, 3.8) is 0 Å². The second-order valence-corrected chi connectivity index (χ2v) is 6.07. The molecule has 2 N–H and O–H groups in total. The van der Waals surface area contributed by atoms with Crippen molar-refractivity contribution < 1.29 is 4.79 Å². The summed E-state index contributed by atoms with van der Waals surface area (Å²) in [5.74, 6) is 0.249. The number of hydrogen-bond donors (Lipinski definition) is 2. The summed E-state index contributed by atoms with van der Waals surface area (Å²) < 4.78 is 0. The molecule has 18 heavy (non-hydrogen) atoms. The molecule has 2 heterocycles. The van der Waals surface area contributed by atoms with E-state index in [9.17, 15) is 4.79 Å². The van der Waals surface area contributed by atoms with E-state index in [1.807, 2.05) is 11.4 Å². The smallest absolute Gasteiger partial charge is 0.226 e. The average Bonchev–Trinajstić information content (AvgIpc) is 2.90. The van der Waals surface area contributed by atoms with E-state index in [0.717, 1.165) is 38.8 Å². The van der Waals surface area contributed by atoms with Gasteiger partial charge >= 0.3 is 0 Å². The van der Waals surface area contributed by atoms with Gasteiger partial charge in [0.05, 0.1) is 12.0 Å². The molecule has 0 unspecified atom stereocenters. The van der Waals surface area contributed by atoms with E-state index in [-0.39, 0.29) is 11.3 Å². The molecule has 0 saturated carbocycles. The number of nitrogens with one attached hydrogen (secondary N) is 2. The molecule has 0 radical (unpaired) electrons. The minimum Gasteiger partial charge on any atom is -0.351 e. The summed E-state index contributed by atoms with van der Waals surface area (Å²) in [6, 6.07) is 4.10. The summed E-state index contributed by atoms with van der Waals surface area (Å²) in [5.41, 5.74) is -0.128. The summed E-state index contributed by atoms with van der Waals surface area (Å²) in [7, 11) is 0.